The fourth-order valence-electron chi connectivity index (χ4n) is 0.364. The number of hydrogen-bond acceptors (Lipinski definition) is 2. The van der Waals surface area contributed by atoms with Crippen LogP contribution in [0.4, 0.5) is 0 Å². The highest BCUT2D eigenvalue weighted by molar-refractivity contribution is 4.97. The SMILES string of the molecule is [CH2]C=CC(O)C(C)(C)O. The molecule has 1 atom stereocenters. The maximum atomic E-state index is 9.09. The Labute approximate surface area is 55.8 Å². The van der Waals surface area contributed by atoms with Gasteiger partial charge in [-0.05, 0) is 20.8 Å². The van der Waals surface area contributed by atoms with Crippen LogP contribution in [0.1, 0.15) is 13.8 Å². The second kappa shape index (κ2) is 2.99. The number of hydrogen-bond donors (Lipinski definition) is 2. The van der Waals surface area contributed by atoms with Gasteiger partial charge < -0.3 is 10.2 Å². The van der Waals surface area contributed by atoms with Crippen molar-refractivity contribution in [1.29, 1.82) is 0 Å². The lowest BCUT2D eigenvalue weighted by atomic mass is 10.0. The first-order valence-corrected chi connectivity index (χ1v) is 2.85. The van der Waals surface area contributed by atoms with Gasteiger partial charge in [0, 0.05) is 0 Å². The van der Waals surface area contributed by atoms with Crippen molar-refractivity contribution in [3.8, 4) is 0 Å². The van der Waals surface area contributed by atoms with E-state index in [0.717, 1.165) is 0 Å². The van der Waals surface area contributed by atoms with Crippen LogP contribution in [0, 0.1) is 6.92 Å². The largest absolute Gasteiger partial charge is 0.387 e. The Morgan fingerprint density at radius 3 is 2.11 bits per heavy atom. The molecule has 0 saturated heterocycles. The molecule has 0 aliphatic rings. The summed E-state index contributed by atoms with van der Waals surface area (Å²) in [5.41, 5.74) is -1.06. The monoisotopic (exact) mass is 129 g/mol. The maximum absolute atomic E-state index is 9.09. The van der Waals surface area contributed by atoms with Crippen molar-refractivity contribution in [2.75, 3.05) is 0 Å². The zero-order valence-electron chi connectivity index (χ0n) is 5.83. The molecule has 2 heteroatoms. The summed E-state index contributed by atoms with van der Waals surface area (Å²) in [6.07, 6.45) is 2.08. The zero-order valence-corrected chi connectivity index (χ0v) is 5.83. The summed E-state index contributed by atoms with van der Waals surface area (Å²) in [4.78, 5) is 0. The Hall–Kier alpha value is -0.340. The van der Waals surface area contributed by atoms with E-state index in [-0.39, 0.29) is 0 Å². The topological polar surface area (TPSA) is 40.5 Å². The van der Waals surface area contributed by atoms with E-state index in [1.807, 2.05) is 0 Å². The lowest BCUT2D eigenvalue weighted by Gasteiger charge is -2.20. The summed E-state index contributed by atoms with van der Waals surface area (Å²) < 4.78 is 0. The van der Waals surface area contributed by atoms with E-state index >= 15 is 0 Å². The summed E-state index contributed by atoms with van der Waals surface area (Å²) >= 11 is 0. The number of aliphatic hydroxyl groups excluding tert-OH is 1. The molecule has 1 unspecified atom stereocenters. The molecule has 0 aliphatic carbocycles. The van der Waals surface area contributed by atoms with Crippen LogP contribution in [0.5, 0.6) is 0 Å². The van der Waals surface area contributed by atoms with Crippen LogP contribution in [0.25, 0.3) is 0 Å². The van der Waals surface area contributed by atoms with Crippen molar-refractivity contribution in [2.45, 2.75) is 25.6 Å². The van der Waals surface area contributed by atoms with Crippen LogP contribution in [-0.4, -0.2) is 21.9 Å². The van der Waals surface area contributed by atoms with Crippen molar-refractivity contribution in [2.24, 2.45) is 0 Å². The predicted molar refractivity (Wildman–Crippen MR) is 36.8 cm³/mol. The molecule has 0 fully saturated rings. The quantitative estimate of drug-likeness (QED) is 0.570. The Morgan fingerprint density at radius 1 is 1.56 bits per heavy atom. The summed E-state index contributed by atoms with van der Waals surface area (Å²) in [6, 6.07) is 0. The molecular weight excluding hydrogens is 116 g/mol. The average molecular weight is 129 g/mol. The normalized spacial score (nSPS) is 16.6. The molecule has 0 aliphatic heterocycles. The maximum Gasteiger partial charge on any atom is 0.100 e. The van der Waals surface area contributed by atoms with Gasteiger partial charge in [-0.3, -0.25) is 0 Å². The van der Waals surface area contributed by atoms with E-state index in [4.69, 9.17) is 10.2 Å². The molecule has 2 nitrogen and oxygen atoms in total. The number of aliphatic hydroxyl groups is 2. The van der Waals surface area contributed by atoms with Crippen LogP contribution in [0.3, 0.4) is 0 Å². The molecule has 0 heterocycles. The number of allylic oxidation sites excluding steroid dienone is 1. The third kappa shape index (κ3) is 3.27. The summed E-state index contributed by atoms with van der Waals surface area (Å²) in [6.45, 7) is 6.47. The third-order valence-electron chi connectivity index (χ3n) is 1.04. The van der Waals surface area contributed by atoms with E-state index in [1.165, 1.54) is 26.0 Å². The zero-order chi connectivity index (χ0) is 7.49. The fourth-order valence-corrected chi connectivity index (χ4v) is 0.364. The second-order valence-corrected chi connectivity index (χ2v) is 2.53. The molecule has 0 spiro atoms. The molecule has 53 valence electrons. The van der Waals surface area contributed by atoms with Crippen LogP contribution in [-0.2, 0) is 0 Å². The smallest absolute Gasteiger partial charge is 0.100 e. The van der Waals surface area contributed by atoms with E-state index in [9.17, 15) is 0 Å². The third-order valence-corrected chi connectivity index (χ3v) is 1.04. The predicted octanol–water partition coefficient (Wildman–Crippen LogP) is 0.508. The lowest BCUT2D eigenvalue weighted by Crippen LogP contribution is -2.33. The first kappa shape index (κ1) is 8.66. The standard InChI is InChI=1S/C7H13O2/c1-4-5-6(8)7(2,3)9/h4-6,8-9H,1H2,2-3H3. The second-order valence-electron chi connectivity index (χ2n) is 2.53. The number of rotatable bonds is 2. The van der Waals surface area contributed by atoms with Gasteiger partial charge in [-0.2, -0.15) is 0 Å². The molecule has 0 aromatic heterocycles. The highest BCUT2D eigenvalue weighted by Gasteiger charge is 2.20. The molecule has 0 saturated carbocycles. The van der Waals surface area contributed by atoms with Gasteiger partial charge in [0.1, 0.15) is 6.10 Å². The highest BCUT2D eigenvalue weighted by atomic mass is 16.3. The average Bonchev–Trinajstić information content (AvgIpc) is 1.64. The minimum atomic E-state index is -1.06. The molecule has 9 heavy (non-hydrogen) atoms. The molecule has 0 amide bonds. The van der Waals surface area contributed by atoms with Crippen molar-refractivity contribution in [3.63, 3.8) is 0 Å². The van der Waals surface area contributed by atoms with Gasteiger partial charge in [0.25, 0.3) is 0 Å². The van der Waals surface area contributed by atoms with E-state index < -0.39 is 11.7 Å². The molecule has 1 radical (unpaired) electrons. The van der Waals surface area contributed by atoms with Crippen molar-refractivity contribution in [3.05, 3.63) is 19.1 Å². The molecule has 0 aromatic rings. The molecule has 0 rings (SSSR count). The van der Waals surface area contributed by atoms with Gasteiger partial charge in [-0.25, -0.2) is 0 Å². The highest BCUT2D eigenvalue weighted by Crippen LogP contribution is 2.08. The van der Waals surface area contributed by atoms with E-state index in [1.54, 1.807) is 0 Å². The first-order chi connectivity index (χ1) is 3.98. The molecule has 0 aromatic carbocycles. The van der Waals surface area contributed by atoms with Crippen LogP contribution in [0.2, 0.25) is 0 Å². The van der Waals surface area contributed by atoms with Crippen molar-refractivity contribution in [1.82, 2.24) is 0 Å². The van der Waals surface area contributed by atoms with Crippen molar-refractivity contribution >= 4 is 0 Å². The van der Waals surface area contributed by atoms with Gasteiger partial charge in [0.15, 0.2) is 0 Å². The fraction of sp³-hybridized carbons (Fsp3) is 0.571. The van der Waals surface area contributed by atoms with Gasteiger partial charge in [0.2, 0.25) is 0 Å². The van der Waals surface area contributed by atoms with Crippen molar-refractivity contribution < 1.29 is 10.2 Å². The van der Waals surface area contributed by atoms with Crippen LogP contribution < -0.4 is 0 Å². The lowest BCUT2D eigenvalue weighted by molar-refractivity contribution is -0.0225. The minimum absolute atomic E-state index is 0.824. The summed E-state index contributed by atoms with van der Waals surface area (Å²) in [7, 11) is 0. The Kier molecular flexibility index (Phi) is 2.88. The Balaban J connectivity index is 3.88. The van der Waals surface area contributed by atoms with Crippen LogP contribution in [0.15, 0.2) is 12.2 Å². The minimum Gasteiger partial charge on any atom is -0.387 e. The van der Waals surface area contributed by atoms with Gasteiger partial charge >= 0.3 is 0 Å². The Morgan fingerprint density at radius 2 is 2.00 bits per heavy atom. The summed E-state index contributed by atoms with van der Waals surface area (Å²) in [5.74, 6) is 0. The van der Waals surface area contributed by atoms with E-state index in [2.05, 4.69) is 6.92 Å². The first-order valence-electron chi connectivity index (χ1n) is 2.85. The van der Waals surface area contributed by atoms with Gasteiger partial charge in [0.05, 0.1) is 5.60 Å². The molecular formula is C7H13O2. The molecule has 2 N–H and O–H groups in total. The van der Waals surface area contributed by atoms with E-state index in [0.29, 0.717) is 0 Å². The summed E-state index contributed by atoms with van der Waals surface area (Å²) in [5, 5.41) is 18.1. The van der Waals surface area contributed by atoms with Crippen LogP contribution >= 0.6 is 0 Å². The van der Waals surface area contributed by atoms with Gasteiger partial charge in [-0.1, -0.05) is 12.2 Å². The molecule has 0 bridgehead atoms. The van der Waals surface area contributed by atoms with Gasteiger partial charge in [-0.15, -0.1) is 0 Å². The Bertz CT molecular complexity index is 100.0.